The number of rotatable bonds is 4. The maximum atomic E-state index is 11.0. The molecule has 0 saturated heterocycles. The van der Waals surface area contributed by atoms with Crippen molar-refractivity contribution in [3.05, 3.63) is 51.8 Å². The van der Waals surface area contributed by atoms with E-state index < -0.39 is 4.92 Å². The van der Waals surface area contributed by atoms with Gasteiger partial charge in [0.2, 0.25) is 0 Å². The molecular weight excluding hydrogens is 232 g/mol. The van der Waals surface area contributed by atoms with Crippen LogP contribution in [0.5, 0.6) is 0 Å². The molecule has 2 N–H and O–H groups in total. The summed E-state index contributed by atoms with van der Waals surface area (Å²) < 4.78 is 1.54. The van der Waals surface area contributed by atoms with Crippen LogP contribution in [0.15, 0.2) is 30.5 Å². The van der Waals surface area contributed by atoms with Gasteiger partial charge in [-0.1, -0.05) is 12.1 Å². The Labute approximate surface area is 104 Å². The second-order valence-corrected chi connectivity index (χ2v) is 3.97. The van der Waals surface area contributed by atoms with Gasteiger partial charge in [-0.25, -0.2) is 4.68 Å². The van der Waals surface area contributed by atoms with E-state index in [-0.39, 0.29) is 5.69 Å². The number of aromatic nitrogens is 2. The number of aryl methyl sites for hydroxylation is 1. The van der Waals surface area contributed by atoms with E-state index >= 15 is 0 Å². The zero-order chi connectivity index (χ0) is 13.1. The summed E-state index contributed by atoms with van der Waals surface area (Å²) in [6, 6.07) is 6.53. The molecule has 1 aromatic carbocycles. The summed E-state index contributed by atoms with van der Waals surface area (Å²) in [6.07, 6.45) is 2.51. The Morgan fingerprint density at radius 3 is 2.83 bits per heavy atom. The molecule has 0 bridgehead atoms. The van der Waals surface area contributed by atoms with E-state index in [1.807, 2.05) is 6.92 Å². The van der Waals surface area contributed by atoms with E-state index in [9.17, 15) is 10.1 Å². The van der Waals surface area contributed by atoms with Crippen molar-refractivity contribution in [2.45, 2.75) is 13.3 Å². The Kier molecular flexibility index (Phi) is 3.38. The highest BCUT2D eigenvalue weighted by Crippen LogP contribution is 2.22. The van der Waals surface area contributed by atoms with E-state index in [1.54, 1.807) is 29.1 Å². The molecule has 0 saturated carbocycles. The van der Waals surface area contributed by atoms with E-state index in [1.165, 1.54) is 6.07 Å². The van der Waals surface area contributed by atoms with Gasteiger partial charge in [0, 0.05) is 12.3 Å². The lowest BCUT2D eigenvalue weighted by atomic mass is 10.2. The molecule has 2 rings (SSSR count). The van der Waals surface area contributed by atoms with Crippen LogP contribution in [0, 0.1) is 17.0 Å². The Morgan fingerprint density at radius 2 is 2.17 bits per heavy atom. The van der Waals surface area contributed by atoms with Crippen molar-refractivity contribution in [1.29, 1.82) is 0 Å². The molecule has 0 atom stereocenters. The fourth-order valence-corrected chi connectivity index (χ4v) is 1.83. The van der Waals surface area contributed by atoms with Crippen LogP contribution in [-0.2, 0) is 6.42 Å². The lowest BCUT2D eigenvalue weighted by molar-refractivity contribution is -0.384. The molecule has 2 aromatic rings. The summed E-state index contributed by atoms with van der Waals surface area (Å²) in [7, 11) is 0. The Hall–Kier alpha value is -2.21. The second-order valence-electron chi connectivity index (χ2n) is 3.97. The van der Waals surface area contributed by atoms with Crippen LogP contribution in [-0.4, -0.2) is 21.2 Å². The average molecular weight is 246 g/mol. The first-order valence-electron chi connectivity index (χ1n) is 5.62. The third kappa shape index (κ3) is 2.23. The van der Waals surface area contributed by atoms with Gasteiger partial charge >= 0.3 is 0 Å². The van der Waals surface area contributed by atoms with Gasteiger partial charge < -0.3 is 5.73 Å². The lowest BCUT2D eigenvalue weighted by Crippen LogP contribution is -2.02. The van der Waals surface area contributed by atoms with Crippen molar-refractivity contribution in [3.8, 4) is 5.69 Å². The highest BCUT2D eigenvalue weighted by molar-refractivity contribution is 5.51. The number of benzene rings is 1. The molecule has 6 nitrogen and oxygen atoms in total. The summed E-state index contributed by atoms with van der Waals surface area (Å²) in [5.74, 6) is 0. The van der Waals surface area contributed by atoms with Crippen LogP contribution >= 0.6 is 0 Å². The molecule has 0 aliphatic rings. The normalized spacial score (nSPS) is 10.6. The quantitative estimate of drug-likeness (QED) is 0.655. The zero-order valence-electron chi connectivity index (χ0n) is 10.0. The summed E-state index contributed by atoms with van der Waals surface area (Å²) in [4.78, 5) is 10.5. The predicted molar refractivity (Wildman–Crippen MR) is 67.7 cm³/mol. The third-order valence-electron chi connectivity index (χ3n) is 2.74. The highest BCUT2D eigenvalue weighted by atomic mass is 16.6. The first-order valence-corrected chi connectivity index (χ1v) is 5.62. The molecule has 0 aliphatic heterocycles. The van der Waals surface area contributed by atoms with E-state index in [4.69, 9.17) is 5.73 Å². The smallest absolute Gasteiger partial charge is 0.294 e. The van der Waals surface area contributed by atoms with Crippen molar-refractivity contribution in [2.24, 2.45) is 5.73 Å². The maximum absolute atomic E-state index is 11.0. The molecule has 0 fully saturated rings. The number of nitrogens with two attached hydrogens (primary N) is 1. The number of hydrogen-bond acceptors (Lipinski definition) is 4. The molecule has 18 heavy (non-hydrogen) atoms. The van der Waals surface area contributed by atoms with Crippen LogP contribution in [0.3, 0.4) is 0 Å². The number of nitro benzene ring substituents is 1. The van der Waals surface area contributed by atoms with Crippen molar-refractivity contribution >= 4 is 5.69 Å². The second kappa shape index (κ2) is 4.97. The van der Waals surface area contributed by atoms with Gasteiger partial charge in [0.05, 0.1) is 10.6 Å². The van der Waals surface area contributed by atoms with Crippen molar-refractivity contribution < 1.29 is 4.92 Å². The number of nitro groups is 1. The van der Waals surface area contributed by atoms with E-state index in [0.717, 1.165) is 11.3 Å². The lowest BCUT2D eigenvalue weighted by Gasteiger charge is -2.01. The van der Waals surface area contributed by atoms with Crippen molar-refractivity contribution in [1.82, 2.24) is 9.78 Å². The van der Waals surface area contributed by atoms with Crippen LogP contribution in [0.1, 0.15) is 11.3 Å². The van der Waals surface area contributed by atoms with Crippen LogP contribution in [0.25, 0.3) is 5.69 Å². The molecule has 1 aromatic heterocycles. The monoisotopic (exact) mass is 246 g/mol. The van der Waals surface area contributed by atoms with Crippen LogP contribution < -0.4 is 5.73 Å². The largest absolute Gasteiger partial charge is 0.330 e. The topological polar surface area (TPSA) is 87.0 Å². The predicted octanol–water partition coefficient (Wildman–Crippen LogP) is 1.59. The fraction of sp³-hybridized carbons (Fsp3) is 0.250. The van der Waals surface area contributed by atoms with Crippen LogP contribution in [0.2, 0.25) is 0 Å². The molecular formula is C12H14N4O2. The van der Waals surface area contributed by atoms with Gasteiger partial charge in [0.15, 0.2) is 0 Å². The summed E-state index contributed by atoms with van der Waals surface area (Å²) in [5.41, 5.74) is 7.87. The van der Waals surface area contributed by atoms with Gasteiger partial charge in [-0.15, -0.1) is 0 Å². The molecule has 0 radical (unpaired) electrons. The molecule has 0 unspecified atom stereocenters. The molecule has 0 spiro atoms. The first-order chi connectivity index (χ1) is 8.63. The molecule has 1 heterocycles. The van der Waals surface area contributed by atoms with E-state index in [2.05, 4.69) is 5.10 Å². The Bertz CT molecular complexity index is 577. The number of para-hydroxylation sites is 2. The molecule has 6 heteroatoms. The molecule has 94 valence electrons. The zero-order valence-corrected chi connectivity index (χ0v) is 10.0. The first kappa shape index (κ1) is 12.3. The van der Waals surface area contributed by atoms with Gasteiger partial charge in [0.1, 0.15) is 5.69 Å². The Morgan fingerprint density at radius 1 is 1.44 bits per heavy atom. The summed E-state index contributed by atoms with van der Waals surface area (Å²) >= 11 is 0. The molecule has 0 amide bonds. The van der Waals surface area contributed by atoms with Gasteiger partial charge in [-0.05, 0) is 31.5 Å². The number of nitrogens with zero attached hydrogens (tertiary/aromatic N) is 3. The fourth-order valence-electron chi connectivity index (χ4n) is 1.83. The minimum atomic E-state index is -0.408. The SMILES string of the molecule is Cc1nn(-c2ccccc2[N+](=O)[O-])cc1CCN. The van der Waals surface area contributed by atoms with Gasteiger partial charge in [-0.2, -0.15) is 5.10 Å². The van der Waals surface area contributed by atoms with Crippen LogP contribution in [0.4, 0.5) is 5.69 Å². The van der Waals surface area contributed by atoms with E-state index in [0.29, 0.717) is 18.7 Å². The van der Waals surface area contributed by atoms with Crippen molar-refractivity contribution in [2.75, 3.05) is 6.54 Å². The number of hydrogen-bond donors (Lipinski definition) is 1. The highest BCUT2D eigenvalue weighted by Gasteiger charge is 2.16. The average Bonchev–Trinajstić information content (AvgIpc) is 2.71. The Balaban J connectivity index is 2.49. The minimum Gasteiger partial charge on any atom is -0.330 e. The maximum Gasteiger partial charge on any atom is 0.294 e. The standard InChI is InChI=1S/C12H14N4O2/c1-9-10(6-7-13)8-15(14-9)11-4-2-3-5-12(11)16(17)18/h2-5,8H,6-7,13H2,1H3. The van der Waals surface area contributed by atoms with Gasteiger partial charge in [0.25, 0.3) is 5.69 Å². The van der Waals surface area contributed by atoms with Crippen molar-refractivity contribution in [3.63, 3.8) is 0 Å². The van der Waals surface area contributed by atoms with Gasteiger partial charge in [-0.3, -0.25) is 10.1 Å². The molecule has 0 aliphatic carbocycles. The third-order valence-corrected chi connectivity index (χ3v) is 2.74. The summed E-state index contributed by atoms with van der Waals surface area (Å²) in [6.45, 7) is 2.40. The minimum absolute atomic E-state index is 0.0410. The summed E-state index contributed by atoms with van der Waals surface area (Å²) in [5, 5.41) is 15.3.